The summed E-state index contributed by atoms with van der Waals surface area (Å²) >= 11 is 0. The Bertz CT molecular complexity index is 569. The van der Waals surface area contributed by atoms with E-state index in [9.17, 15) is 4.79 Å². The highest BCUT2D eigenvalue weighted by Crippen LogP contribution is 2.19. The Hall–Kier alpha value is -1.88. The van der Waals surface area contributed by atoms with Gasteiger partial charge in [0.1, 0.15) is 0 Å². The summed E-state index contributed by atoms with van der Waals surface area (Å²) in [6, 6.07) is 7.62. The summed E-state index contributed by atoms with van der Waals surface area (Å²) in [6.45, 7) is 4.28. The van der Waals surface area contributed by atoms with E-state index in [1.807, 2.05) is 38.1 Å². The quantitative estimate of drug-likeness (QED) is 0.872. The summed E-state index contributed by atoms with van der Waals surface area (Å²) < 4.78 is 6.23. The van der Waals surface area contributed by atoms with Crippen LogP contribution >= 0.6 is 0 Å². The summed E-state index contributed by atoms with van der Waals surface area (Å²) in [4.78, 5) is 11.5. The molecule has 1 aromatic heterocycles. The Morgan fingerprint density at radius 2 is 2.24 bits per heavy atom. The van der Waals surface area contributed by atoms with Gasteiger partial charge >= 0.3 is 5.76 Å². The van der Waals surface area contributed by atoms with Gasteiger partial charge < -0.3 is 5.73 Å². The SMILES string of the molecule is CC(C)n1c(-c2cccc(CN)c2)noc1=O. The van der Waals surface area contributed by atoms with Crippen LogP contribution in [0.25, 0.3) is 11.4 Å². The second-order valence-electron chi connectivity index (χ2n) is 4.14. The van der Waals surface area contributed by atoms with Crippen molar-refractivity contribution < 1.29 is 4.52 Å². The van der Waals surface area contributed by atoms with Crippen LogP contribution in [0.1, 0.15) is 25.5 Å². The smallest absolute Gasteiger partial charge is 0.326 e. The largest absolute Gasteiger partial charge is 0.442 e. The molecule has 0 spiro atoms. The van der Waals surface area contributed by atoms with Crippen LogP contribution in [0, 0.1) is 0 Å². The second kappa shape index (κ2) is 4.55. The molecule has 5 heteroatoms. The van der Waals surface area contributed by atoms with Gasteiger partial charge in [0.05, 0.1) is 0 Å². The molecule has 0 aliphatic heterocycles. The number of benzene rings is 1. The number of rotatable bonds is 3. The van der Waals surface area contributed by atoms with Crippen LogP contribution in [0.3, 0.4) is 0 Å². The molecule has 0 fully saturated rings. The van der Waals surface area contributed by atoms with Gasteiger partial charge in [-0.05, 0) is 25.5 Å². The maximum atomic E-state index is 11.5. The second-order valence-corrected chi connectivity index (χ2v) is 4.14. The normalized spacial score (nSPS) is 11.1. The first-order valence-corrected chi connectivity index (χ1v) is 5.51. The highest BCUT2D eigenvalue weighted by Gasteiger charge is 2.15. The van der Waals surface area contributed by atoms with Gasteiger partial charge in [0.2, 0.25) is 0 Å². The summed E-state index contributed by atoms with van der Waals surface area (Å²) in [6.07, 6.45) is 0. The highest BCUT2D eigenvalue weighted by atomic mass is 16.5. The molecule has 2 aromatic rings. The van der Waals surface area contributed by atoms with E-state index in [0.717, 1.165) is 11.1 Å². The number of hydrogen-bond donors (Lipinski definition) is 1. The molecule has 5 nitrogen and oxygen atoms in total. The van der Waals surface area contributed by atoms with Crippen LogP contribution < -0.4 is 11.5 Å². The van der Waals surface area contributed by atoms with Crippen LogP contribution in [0.5, 0.6) is 0 Å². The van der Waals surface area contributed by atoms with Crippen LogP contribution in [0.4, 0.5) is 0 Å². The number of nitrogens with two attached hydrogens (primary N) is 1. The monoisotopic (exact) mass is 233 g/mol. The van der Waals surface area contributed by atoms with Crippen LogP contribution in [0.2, 0.25) is 0 Å². The van der Waals surface area contributed by atoms with E-state index < -0.39 is 5.76 Å². The zero-order valence-electron chi connectivity index (χ0n) is 9.88. The fourth-order valence-corrected chi connectivity index (χ4v) is 1.74. The molecular weight excluding hydrogens is 218 g/mol. The minimum Gasteiger partial charge on any atom is -0.326 e. The van der Waals surface area contributed by atoms with Crippen molar-refractivity contribution in [2.45, 2.75) is 26.4 Å². The van der Waals surface area contributed by atoms with Crippen molar-refractivity contribution in [3.63, 3.8) is 0 Å². The van der Waals surface area contributed by atoms with Gasteiger partial charge in [0.15, 0.2) is 5.82 Å². The lowest BCUT2D eigenvalue weighted by Gasteiger charge is -2.08. The molecule has 0 radical (unpaired) electrons. The maximum absolute atomic E-state index is 11.5. The third kappa shape index (κ3) is 2.14. The zero-order chi connectivity index (χ0) is 12.4. The van der Waals surface area contributed by atoms with Crippen molar-refractivity contribution in [2.24, 2.45) is 5.73 Å². The Morgan fingerprint density at radius 3 is 2.88 bits per heavy atom. The van der Waals surface area contributed by atoms with Crippen molar-refractivity contribution in [3.8, 4) is 11.4 Å². The van der Waals surface area contributed by atoms with Gasteiger partial charge in [0.25, 0.3) is 0 Å². The molecule has 2 N–H and O–H groups in total. The van der Waals surface area contributed by atoms with Gasteiger partial charge in [-0.1, -0.05) is 23.4 Å². The van der Waals surface area contributed by atoms with Crippen molar-refractivity contribution in [1.29, 1.82) is 0 Å². The van der Waals surface area contributed by atoms with E-state index in [4.69, 9.17) is 10.3 Å². The zero-order valence-corrected chi connectivity index (χ0v) is 9.88. The van der Waals surface area contributed by atoms with Crippen molar-refractivity contribution >= 4 is 0 Å². The van der Waals surface area contributed by atoms with Gasteiger partial charge in [0, 0.05) is 18.2 Å². The van der Waals surface area contributed by atoms with E-state index in [0.29, 0.717) is 12.4 Å². The minimum absolute atomic E-state index is 0.00489. The molecule has 0 atom stereocenters. The Morgan fingerprint density at radius 1 is 1.47 bits per heavy atom. The molecule has 0 bridgehead atoms. The molecule has 0 aliphatic carbocycles. The summed E-state index contributed by atoms with van der Waals surface area (Å²) in [7, 11) is 0. The highest BCUT2D eigenvalue weighted by molar-refractivity contribution is 5.56. The molecule has 0 aliphatic rings. The van der Waals surface area contributed by atoms with Crippen molar-refractivity contribution in [3.05, 3.63) is 40.4 Å². The van der Waals surface area contributed by atoms with Crippen LogP contribution in [0.15, 0.2) is 33.6 Å². The van der Waals surface area contributed by atoms with Crippen LogP contribution in [-0.4, -0.2) is 9.72 Å². The molecule has 0 amide bonds. The lowest BCUT2D eigenvalue weighted by Crippen LogP contribution is -2.17. The summed E-state index contributed by atoms with van der Waals surface area (Å²) in [5.74, 6) is 0.105. The first-order chi connectivity index (χ1) is 8.13. The predicted molar refractivity (Wildman–Crippen MR) is 64.5 cm³/mol. The van der Waals surface area contributed by atoms with Gasteiger partial charge in [-0.25, -0.2) is 4.79 Å². The molecule has 17 heavy (non-hydrogen) atoms. The maximum Gasteiger partial charge on any atom is 0.442 e. The molecule has 0 saturated heterocycles. The van der Waals surface area contributed by atoms with E-state index in [1.165, 1.54) is 4.57 Å². The first-order valence-electron chi connectivity index (χ1n) is 5.51. The molecule has 1 heterocycles. The topological polar surface area (TPSA) is 74.1 Å². The Balaban J connectivity index is 2.56. The number of nitrogens with zero attached hydrogens (tertiary/aromatic N) is 2. The Labute approximate surface area is 98.8 Å². The van der Waals surface area contributed by atoms with Crippen molar-refractivity contribution in [2.75, 3.05) is 0 Å². The third-order valence-corrected chi connectivity index (χ3v) is 2.57. The summed E-state index contributed by atoms with van der Waals surface area (Å²) in [5, 5.41) is 3.82. The lowest BCUT2D eigenvalue weighted by atomic mass is 10.1. The minimum atomic E-state index is -0.437. The first kappa shape index (κ1) is 11.6. The lowest BCUT2D eigenvalue weighted by molar-refractivity contribution is 0.370. The summed E-state index contributed by atoms with van der Waals surface area (Å²) in [5.41, 5.74) is 7.42. The third-order valence-electron chi connectivity index (χ3n) is 2.57. The van der Waals surface area contributed by atoms with E-state index in [1.54, 1.807) is 0 Å². The molecule has 1 aromatic carbocycles. The number of hydrogen-bond acceptors (Lipinski definition) is 4. The van der Waals surface area contributed by atoms with E-state index in [2.05, 4.69) is 5.16 Å². The van der Waals surface area contributed by atoms with Crippen LogP contribution in [-0.2, 0) is 6.54 Å². The molecular formula is C12H15N3O2. The number of aromatic nitrogens is 2. The van der Waals surface area contributed by atoms with Gasteiger partial charge in [-0.3, -0.25) is 9.09 Å². The van der Waals surface area contributed by atoms with Crippen molar-refractivity contribution in [1.82, 2.24) is 9.72 Å². The van der Waals surface area contributed by atoms with Gasteiger partial charge in [-0.15, -0.1) is 0 Å². The van der Waals surface area contributed by atoms with E-state index >= 15 is 0 Å². The standard InChI is InChI=1S/C12H15N3O2/c1-8(2)15-11(14-17-12(15)16)10-5-3-4-9(6-10)7-13/h3-6,8H,7,13H2,1-2H3. The Kier molecular flexibility index (Phi) is 3.10. The average Bonchev–Trinajstić information content (AvgIpc) is 2.71. The predicted octanol–water partition coefficient (Wildman–Crippen LogP) is 1.54. The average molecular weight is 233 g/mol. The molecule has 0 unspecified atom stereocenters. The van der Waals surface area contributed by atoms with Gasteiger partial charge in [-0.2, -0.15) is 0 Å². The molecule has 0 saturated carbocycles. The molecule has 90 valence electrons. The van der Waals surface area contributed by atoms with E-state index in [-0.39, 0.29) is 6.04 Å². The fourth-order valence-electron chi connectivity index (χ4n) is 1.74. The fraction of sp³-hybridized carbons (Fsp3) is 0.333. The molecule has 2 rings (SSSR count).